The first-order chi connectivity index (χ1) is 7.10. The Morgan fingerprint density at radius 3 is 2.93 bits per heavy atom. The summed E-state index contributed by atoms with van der Waals surface area (Å²) in [5.74, 6) is -0.812. The lowest BCUT2D eigenvalue weighted by molar-refractivity contribution is 0.0702. The fourth-order valence-corrected chi connectivity index (χ4v) is 4.61. The van der Waals surface area contributed by atoms with E-state index in [1.54, 1.807) is 0 Å². The number of carboxylic acids is 1. The van der Waals surface area contributed by atoms with Crippen molar-refractivity contribution in [3.63, 3.8) is 0 Å². The Morgan fingerprint density at radius 2 is 2.33 bits per heavy atom. The van der Waals surface area contributed by atoms with Gasteiger partial charge < -0.3 is 10.0 Å². The number of thiophene rings is 1. The number of rotatable bonds is 1. The van der Waals surface area contributed by atoms with Crippen molar-refractivity contribution in [2.75, 3.05) is 18.5 Å². The summed E-state index contributed by atoms with van der Waals surface area (Å²) in [4.78, 5) is 14.7. The van der Waals surface area contributed by atoms with Crippen LogP contribution in [-0.4, -0.2) is 29.4 Å². The molecule has 1 spiro atoms. The van der Waals surface area contributed by atoms with Gasteiger partial charge in [0.25, 0.3) is 0 Å². The van der Waals surface area contributed by atoms with Crippen molar-refractivity contribution in [3.05, 3.63) is 10.9 Å². The minimum Gasteiger partial charge on any atom is -0.477 e. The number of aromatic carboxylic acids is 1. The molecule has 1 aromatic rings. The quantitative estimate of drug-likeness (QED) is 0.820. The average molecular weight is 241 g/mol. The molecule has 1 aliphatic carbocycles. The molecule has 1 saturated carbocycles. The first kappa shape index (κ1) is 9.54. The van der Waals surface area contributed by atoms with Crippen LogP contribution in [0.15, 0.2) is 11.0 Å². The summed E-state index contributed by atoms with van der Waals surface area (Å²) in [6.07, 6.45) is 2.53. The number of nitrogens with zero attached hydrogens (tertiary/aromatic N) is 1. The molecule has 5 heteroatoms. The molecular weight excluding hydrogens is 230 g/mol. The van der Waals surface area contributed by atoms with Crippen molar-refractivity contribution in [1.29, 1.82) is 0 Å². The van der Waals surface area contributed by atoms with E-state index in [-0.39, 0.29) is 0 Å². The van der Waals surface area contributed by atoms with E-state index in [0.717, 1.165) is 16.4 Å². The highest BCUT2D eigenvalue weighted by molar-refractivity contribution is 8.01. The molecule has 0 aromatic carbocycles. The van der Waals surface area contributed by atoms with Gasteiger partial charge in [0.05, 0.1) is 0 Å². The van der Waals surface area contributed by atoms with Crippen molar-refractivity contribution >= 4 is 34.1 Å². The Kier molecular flexibility index (Phi) is 1.86. The van der Waals surface area contributed by atoms with Gasteiger partial charge in [0.1, 0.15) is 9.88 Å². The summed E-state index contributed by atoms with van der Waals surface area (Å²) >= 11 is 3.26. The van der Waals surface area contributed by atoms with Crippen molar-refractivity contribution in [2.45, 2.75) is 22.5 Å². The van der Waals surface area contributed by atoms with Gasteiger partial charge in [0.15, 0.2) is 0 Å². The van der Waals surface area contributed by atoms with E-state index < -0.39 is 5.97 Å². The van der Waals surface area contributed by atoms with Crippen LogP contribution in [0.1, 0.15) is 22.5 Å². The van der Waals surface area contributed by atoms with Crippen LogP contribution in [0.5, 0.6) is 0 Å². The molecule has 3 nitrogen and oxygen atoms in total. The molecule has 0 amide bonds. The summed E-state index contributed by atoms with van der Waals surface area (Å²) in [5, 5.41) is 10.1. The van der Waals surface area contributed by atoms with Crippen LogP contribution in [0, 0.1) is 0 Å². The fraction of sp³-hybridized carbons (Fsp3) is 0.500. The molecule has 1 fully saturated rings. The second kappa shape index (κ2) is 2.92. The van der Waals surface area contributed by atoms with Gasteiger partial charge in [-0.2, -0.15) is 0 Å². The van der Waals surface area contributed by atoms with E-state index in [0.29, 0.717) is 9.62 Å². The average Bonchev–Trinajstić information content (AvgIpc) is 2.76. The maximum Gasteiger partial charge on any atom is 0.345 e. The molecule has 15 heavy (non-hydrogen) atoms. The number of hydrogen-bond acceptors (Lipinski definition) is 4. The van der Waals surface area contributed by atoms with Crippen LogP contribution in [0.2, 0.25) is 0 Å². The van der Waals surface area contributed by atoms with Crippen molar-refractivity contribution in [2.24, 2.45) is 0 Å². The maximum atomic E-state index is 10.9. The molecule has 0 bridgehead atoms. The lowest BCUT2D eigenvalue weighted by Crippen LogP contribution is -2.31. The molecular formula is C10H11NO2S2. The zero-order valence-corrected chi connectivity index (χ0v) is 9.95. The molecule has 1 aliphatic heterocycles. The van der Waals surface area contributed by atoms with E-state index in [4.69, 9.17) is 5.11 Å². The third-order valence-corrected chi connectivity index (χ3v) is 5.76. The Labute approximate surface area is 96.1 Å². The van der Waals surface area contributed by atoms with Gasteiger partial charge in [0, 0.05) is 23.2 Å². The number of fused-ring (bicyclic) bond motifs is 1. The number of carboxylic acid groups (broad SMARTS) is 1. The van der Waals surface area contributed by atoms with E-state index in [1.807, 2.05) is 17.8 Å². The standard InChI is InChI=1S/C10H11NO2S2/c1-11-5-10(2-3-10)15-6-4-7(9(12)13)14-8(6)11/h4H,2-3,5H2,1H3,(H,12,13). The minimum absolute atomic E-state index is 0.401. The molecule has 2 aliphatic rings. The number of carbonyl (C=O) groups is 1. The zero-order valence-electron chi connectivity index (χ0n) is 8.32. The van der Waals surface area contributed by atoms with Crippen molar-refractivity contribution in [1.82, 2.24) is 0 Å². The van der Waals surface area contributed by atoms with Crippen LogP contribution >= 0.6 is 23.1 Å². The molecule has 2 heterocycles. The van der Waals surface area contributed by atoms with Crippen molar-refractivity contribution < 1.29 is 9.90 Å². The molecule has 1 N–H and O–H groups in total. The van der Waals surface area contributed by atoms with Gasteiger partial charge in [-0.15, -0.1) is 23.1 Å². The molecule has 0 atom stereocenters. The monoisotopic (exact) mass is 241 g/mol. The van der Waals surface area contributed by atoms with E-state index in [9.17, 15) is 4.79 Å². The highest BCUT2D eigenvalue weighted by Crippen LogP contribution is 2.58. The predicted octanol–water partition coefficient (Wildman–Crippen LogP) is 2.52. The van der Waals surface area contributed by atoms with Crippen LogP contribution in [-0.2, 0) is 0 Å². The molecule has 0 unspecified atom stereocenters. The number of thioether (sulfide) groups is 1. The first-order valence-corrected chi connectivity index (χ1v) is 6.50. The maximum absolute atomic E-state index is 10.9. The van der Waals surface area contributed by atoms with Gasteiger partial charge in [0.2, 0.25) is 0 Å². The molecule has 0 radical (unpaired) electrons. The van der Waals surface area contributed by atoms with Crippen LogP contribution in [0.4, 0.5) is 5.00 Å². The van der Waals surface area contributed by atoms with E-state index in [2.05, 4.69) is 11.9 Å². The van der Waals surface area contributed by atoms with Crippen LogP contribution in [0.3, 0.4) is 0 Å². The van der Waals surface area contributed by atoms with Gasteiger partial charge in [-0.1, -0.05) is 0 Å². The molecule has 1 aromatic heterocycles. The van der Waals surface area contributed by atoms with Gasteiger partial charge in [-0.3, -0.25) is 0 Å². The zero-order chi connectivity index (χ0) is 10.6. The number of hydrogen-bond donors (Lipinski definition) is 1. The van der Waals surface area contributed by atoms with Crippen LogP contribution in [0.25, 0.3) is 0 Å². The lowest BCUT2D eigenvalue weighted by Gasteiger charge is -2.30. The smallest absolute Gasteiger partial charge is 0.345 e. The Balaban J connectivity index is 2.02. The predicted molar refractivity (Wildman–Crippen MR) is 62.4 cm³/mol. The highest BCUT2D eigenvalue weighted by Gasteiger charge is 2.48. The largest absolute Gasteiger partial charge is 0.477 e. The fourth-order valence-electron chi connectivity index (χ4n) is 1.98. The van der Waals surface area contributed by atoms with Crippen molar-refractivity contribution in [3.8, 4) is 0 Å². The lowest BCUT2D eigenvalue weighted by atomic mass is 10.3. The third kappa shape index (κ3) is 1.45. The number of anilines is 1. The Morgan fingerprint density at radius 1 is 1.60 bits per heavy atom. The summed E-state index contributed by atoms with van der Waals surface area (Å²) in [5.41, 5.74) is 0. The first-order valence-electron chi connectivity index (χ1n) is 4.87. The summed E-state index contributed by atoms with van der Waals surface area (Å²) in [6.45, 7) is 1.06. The molecule has 3 rings (SSSR count). The SMILES string of the molecule is CN1CC2(CC2)Sc2cc(C(=O)O)sc21. The second-order valence-electron chi connectivity index (χ2n) is 4.23. The third-order valence-electron chi connectivity index (χ3n) is 2.90. The normalized spacial score (nSPS) is 21.5. The Hall–Kier alpha value is -0.680. The molecule has 80 valence electrons. The Bertz CT molecular complexity index is 437. The summed E-state index contributed by atoms with van der Waals surface area (Å²) in [6, 6.07) is 1.82. The van der Waals surface area contributed by atoms with Gasteiger partial charge >= 0.3 is 5.97 Å². The van der Waals surface area contributed by atoms with E-state index in [1.165, 1.54) is 24.2 Å². The summed E-state index contributed by atoms with van der Waals surface area (Å²) in [7, 11) is 2.06. The summed E-state index contributed by atoms with van der Waals surface area (Å²) < 4.78 is 0.401. The van der Waals surface area contributed by atoms with Gasteiger partial charge in [-0.25, -0.2) is 4.79 Å². The second-order valence-corrected chi connectivity index (χ2v) is 6.77. The van der Waals surface area contributed by atoms with Crippen LogP contribution < -0.4 is 4.90 Å². The highest BCUT2D eigenvalue weighted by atomic mass is 32.2. The van der Waals surface area contributed by atoms with E-state index >= 15 is 0 Å². The minimum atomic E-state index is -0.812. The van der Waals surface area contributed by atoms with Gasteiger partial charge in [-0.05, 0) is 18.9 Å². The molecule has 0 saturated heterocycles. The topological polar surface area (TPSA) is 40.5 Å².